The minimum atomic E-state index is -1.58. The molecule has 1 aliphatic rings. The Hall–Kier alpha value is -4.99. The van der Waals surface area contributed by atoms with Crippen LogP contribution in [0.1, 0.15) is 59.4 Å². The van der Waals surface area contributed by atoms with E-state index in [2.05, 4.69) is 53.4 Å². The number of carboxylic acids is 1. The number of likely N-dealkylation sites (tertiary alicyclic amines) is 1. The lowest BCUT2D eigenvalue weighted by Crippen LogP contribution is -2.52. The third kappa shape index (κ3) is 8.16. The molecule has 6 rings (SSSR count). The number of aliphatic carboxylic acids is 1. The van der Waals surface area contributed by atoms with Crippen molar-refractivity contribution in [2.75, 3.05) is 26.7 Å². The van der Waals surface area contributed by atoms with Crippen molar-refractivity contribution < 1.29 is 28.9 Å². The molecule has 264 valence electrons. The lowest BCUT2D eigenvalue weighted by Gasteiger charge is -2.26. The SMILES string of the molecule is Cc1c(COc2cc(OCc3cncc(C#N)c3)c(CN[C@](C)(CO)C(=O)O)cc2Cl)cccc1-c1ccc2oc(C3CCN(C)CC3)nc2c1. The summed E-state index contributed by atoms with van der Waals surface area (Å²) < 4.78 is 18.6. The van der Waals surface area contributed by atoms with Crippen LogP contribution in [0.15, 0.2) is 71.4 Å². The van der Waals surface area contributed by atoms with Crippen molar-refractivity contribution in [3.63, 3.8) is 0 Å². The quantitative estimate of drug-likeness (QED) is 0.121. The minimum absolute atomic E-state index is 0.0334. The van der Waals surface area contributed by atoms with Crippen LogP contribution in [0.2, 0.25) is 5.02 Å². The number of carboxylic acid groups (broad SMARTS) is 1. The summed E-state index contributed by atoms with van der Waals surface area (Å²) in [5.41, 5.74) is 5.76. The van der Waals surface area contributed by atoms with E-state index >= 15 is 0 Å². The molecule has 11 nitrogen and oxygen atoms in total. The molecule has 2 aromatic heterocycles. The number of aromatic nitrogens is 2. The van der Waals surface area contributed by atoms with Crippen molar-refractivity contribution >= 4 is 28.7 Å². The van der Waals surface area contributed by atoms with Crippen molar-refractivity contribution in [3.8, 4) is 28.7 Å². The van der Waals surface area contributed by atoms with Gasteiger partial charge in [0.15, 0.2) is 11.5 Å². The molecular formula is C39H40ClN5O6. The molecule has 1 fully saturated rings. The van der Waals surface area contributed by atoms with Gasteiger partial charge in [-0.15, -0.1) is 0 Å². The smallest absolute Gasteiger partial charge is 0.326 e. The van der Waals surface area contributed by atoms with Crippen molar-refractivity contribution in [2.24, 2.45) is 0 Å². The molecule has 0 spiro atoms. The average molecular weight is 710 g/mol. The molecular weight excluding hydrogens is 670 g/mol. The van der Waals surface area contributed by atoms with Crippen LogP contribution in [-0.2, 0) is 24.6 Å². The van der Waals surface area contributed by atoms with Gasteiger partial charge in [0.1, 0.15) is 41.8 Å². The van der Waals surface area contributed by atoms with E-state index in [1.165, 1.54) is 13.1 Å². The van der Waals surface area contributed by atoms with E-state index < -0.39 is 18.1 Å². The summed E-state index contributed by atoms with van der Waals surface area (Å²) >= 11 is 6.72. The van der Waals surface area contributed by atoms with Gasteiger partial charge in [-0.25, -0.2) is 4.98 Å². The first-order valence-corrected chi connectivity index (χ1v) is 17.1. The molecule has 5 aromatic rings. The van der Waals surface area contributed by atoms with Crippen LogP contribution in [-0.4, -0.2) is 63.3 Å². The first-order valence-electron chi connectivity index (χ1n) is 16.8. The van der Waals surface area contributed by atoms with Gasteiger partial charge in [-0.1, -0.05) is 35.9 Å². The number of pyridine rings is 1. The number of hydrogen-bond donors (Lipinski definition) is 3. The fraction of sp³-hybridized carbons (Fsp3) is 0.333. The third-order valence-electron chi connectivity index (χ3n) is 9.50. The molecule has 1 atom stereocenters. The van der Waals surface area contributed by atoms with E-state index in [1.807, 2.05) is 18.2 Å². The van der Waals surface area contributed by atoms with Gasteiger partial charge in [-0.2, -0.15) is 5.26 Å². The van der Waals surface area contributed by atoms with Crippen molar-refractivity contribution in [1.29, 1.82) is 5.26 Å². The lowest BCUT2D eigenvalue weighted by atomic mass is 9.96. The number of halogens is 1. The van der Waals surface area contributed by atoms with Crippen LogP contribution in [0.3, 0.4) is 0 Å². The zero-order chi connectivity index (χ0) is 36.1. The zero-order valence-corrected chi connectivity index (χ0v) is 29.5. The van der Waals surface area contributed by atoms with E-state index in [4.69, 9.17) is 30.5 Å². The summed E-state index contributed by atoms with van der Waals surface area (Å²) in [5.74, 6) is 0.708. The predicted molar refractivity (Wildman–Crippen MR) is 193 cm³/mol. The van der Waals surface area contributed by atoms with Crippen molar-refractivity contribution in [2.45, 2.75) is 57.9 Å². The van der Waals surface area contributed by atoms with E-state index in [-0.39, 0.29) is 19.8 Å². The molecule has 3 heterocycles. The minimum Gasteiger partial charge on any atom is -0.488 e. The van der Waals surface area contributed by atoms with Crippen LogP contribution in [0, 0.1) is 18.3 Å². The molecule has 51 heavy (non-hydrogen) atoms. The summed E-state index contributed by atoms with van der Waals surface area (Å²) in [4.78, 5) is 23.1. The summed E-state index contributed by atoms with van der Waals surface area (Å²) in [6.45, 7) is 5.24. The predicted octanol–water partition coefficient (Wildman–Crippen LogP) is 6.62. The molecule has 0 aliphatic carbocycles. The van der Waals surface area contributed by atoms with Gasteiger partial charge in [0.25, 0.3) is 0 Å². The number of fused-ring (bicyclic) bond motifs is 1. The molecule has 0 saturated carbocycles. The molecule has 3 N–H and O–H groups in total. The molecule has 1 saturated heterocycles. The van der Waals surface area contributed by atoms with Crippen LogP contribution in [0.25, 0.3) is 22.2 Å². The number of nitrogens with zero attached hydrogens (tertiary/aromatic N) is 4. The first-order chi connectivity index (χ1) is 24.6. The molecule has 0 unspecified atom stereocenters. The number of nitrogens with one attached hydrogen (secondary N) is 1. The second-order valence-corrected chi connectivity index (χ2v) is 13.6. The van der Waals surface area contributed by atoms with Crippen LogP contribution < -0.4 is 14.8 Å². The average Bonchev–Trinajstić information content (AvgIpc) is 3.57. The second-order valence-electron chi connectivity index (χ2n) is 13.2. The molecule has 12 heteroatoms. The first kappa shape index (κ1) is 35.8. The topological polar surface area (TPSA) is 154 Å². The highest BCUT2D eigenvalue weighted by Gasteiger charge is 2.32. The highest BCUT2D eigenvalue weighted by Crippen LogP contribution is 2.36. The molecule has 3 aromatic carbocycles. The lowest BCUT2D eigenvalue weighted by molar-refractivity contribution is -0.145. The maximum absolute atomic E-state index is 11.8. The largest absolute Gasteiger partial charge is 0.488 e. The fourth-order valence-electron chi connectivity index (χ4n) is 6.09. The van der Waals surface area contributed by atoms with Gasteiger partial charge in [0, 0.05) is 42.0 Å². The number of aliphatic hydroxyl groups is 1. The standard InChI is InChI=1S/C39H40ClN5O6/c1-24-29(5-4-6-31(24)28-7-8-34-33(15-28)44-37(51-34)27-9-11-45(3)12-10-27)22-50-36-16-35(49-21-26-13-25(17-41)18-42-19-26)30(14-32(36)40)20-43-39(2,23-46)38(47)48/h4-8,13-16,18-19,27,43,46H,9-12,20-23H2,1-3H3,(H,47,48)/t39-/m1/s1. The Morgan fingerprint density at radius 1 is 1.10 bits per heavy atom. The molecule has 0 amide bonds. The Balaban J connectivity index is 1.22. The number of piperidine rings is 1. The Labute approximate surface area is 301 Å². The molecule has 0 bridgehead atoms. The van der Waals surface area contributed by atoms with Gasteiger partial charge >= 0.3 is 5.97 Å². The highest BCUT2D eigenvalue weighted by molar-refractivity contribution is 6.32. The Bertz CT molecular complexity index is 2090. The van der Waals surface area contributed by atoms with Gasteiger partial charge in [-0.05, 0) is 93.3 Å². The normalized spacial score (nSPS) is 15.0. The van der Waals surface area contributed by atoms with E-state index in [0.29, 0.717) is 39.1 Å². The van der Waals surface area contributed by atoms with Crippen molar-refractivity contribution in [1.82, 2.24) is 20.2 Å². The number of aliphatic hydroxyl groups excluding tert-OH is 1. The van der Waals surface area contributed by atoms with E-state index in [9.17, 15) is 20.3 Å². The Kier molecular flexibility index (Phi) is 10.9. The monoisotopic (exact) mass is 709 g/mol. The zero-order valence-electron chi connectivity index (χ0n) is 28.8. The number of ether oxygens (including phenoxy) is 2. The van der Waals surface area contributed by atoms with Crippen LogP contribution in [0.4, 0.5) is 0 Å². The van der Waals surface area contributed by atoms with Crippen LogP contribution in [0.5, 0.6) is 11.5 Å². The molecule has 1 aliphatic heterocycles. The number of carbonyl (C=O) groups is 1. The fourth-order valence-corrected chi connectivity index (χ4v) is 6.33. The number of nitriles is 1. The molecule has 0 radical (unpaired) electrons. The Morgan fingerprint density at radius 3 is 2.63 bits per heavy atom. The second kappa shape index (κ2) is 15.5. The number of hydrogen-bond acceptors (Lipinski definition) is 10. The maximum Gasteiger partial charge on any atom is 0.326 e. The van der Waals surface area contributed by atoms with Gasteiger partial charge < -0.3 is 29.0 Å². The number of benzene rings is 3. The van der Waals surface area contributed by atoms with Gasteiger partial charge in [0.05, 0.1) is 17.2 Å². The summed E-state index contributed by atoms with van der Waals surface area (Å²) in [6, 6.07) is 19.3. The highest BCUT2D eigenvalue weighted by atomic mass is 35.5. The maximum atomic E-state index is 11.8. The van der Waals surface area contributed by atoms with E-state index in [1.54, 1.807) is 24.4 Å². The van der Waals surface area contributed by atoms with Crippen LogP contribution >= 0.6 is 11.6 Å². The Morgan fingerprint density at radius 2 is 1.88 bits per heavy atom. The van der Waals surface area contributed by atoms with Gasteiger partial charge in [-0.3, -0.25) is 15.1 Å². The summed E-state index contributed by atoms with van der Waals surface area (Å²) in [7, 11) is 2.14. The number of rotatable bonds is 13. The van der Waals surface area contributed by atoms with Gasteiger partial charge in [0.2, 0.25) is 0 Å². The third-order valence-corrected chi connectivity index (χ3v) is 9.80. The summed E-state index contributed by atoms with van der Waals surface area (Å²) in [5, 5.41) is 31.8. The number of oxazole rings is 1. The van der Waals surface area contributed by atoms with E-state index in [0.717, 1.165) is 65.2 Å². The summed E-state index contributed by atoms with van der Waals surface area (Å²) in [6.07, 6.45) is 5.14. The van der Waals surface area contributed by atoms with Crippen molar-refractivity contribution in [3.05, 3.63) is 106 Å².